The zero-order valence-electron chi connectivity index (χ0n) is 19.2. The van der Waals surface area contributed by atoms with E-state index in [0.29, 0.717) is 16.3 Å². The summed E-state index contributed by atoms with van der Waals surface area (Å²) in [5, 5.41) is 25.7. The summed E-state index contributed by atoms with van der Waals surface area (Å²) in [6, 6.07) is 24.4. The van der Waals surface area contributed by atoms with Crippen LogP contribution in [0.4, 0.5) is 11.4 Å². The molecular weight excluding hydrogens is 478 g/mol. The van der Waals surface area contributed by atoms with Crippen LogP contribution in [-0.4, -0.2) is 10.8 Å². The molecule has 1 N–H and O–H groups in total. The monoisotopic (exact) mass is 497 g/mol. The summed E-state index contributed by atoms with van der Waals surface area (Å²) in [6.45, 7) is 2.29. The highest BCUT2D eigenvalue weighted by Gasteiger charge is 2.14. The molecule has 4 aromatic carbocycles. The molecule has 1 amide bonds. The molecule has 0 aromatic heterocycles. The Labute approximate surface area is 212 Å². The lowest BCUT2D eigenvalue weighted by Gasteiger charge is -2.14. The van der Waals surface area contributed by atoms with Crippen LogP contribution >= 0.6 is 11.6 Å². The van der Waals surface area contributed by atoms with Crippen molar-refractivity contribution < 1.29 is 14.5 Å². The van der Waals surface area contributed by atoms with Crippen LogP contribution in [0.2, 0.25) is 5.02 Å². The minimum absolute atomic E-state index is 0.176. The van der Waals surface area contributed by atoms with Crippen LogP contribution in [0.5, 0.6) is 5.75 Å². The van der Waals surface area contributed by atoms with Crippen molar-refractivity contribution in [2.24, 2.45) is 0 Å². The number of aryl methyl sites for hydroxylation is 1. The highest BCUT2D eigenvalue weighted by molar-refractivity contribution is 6.30. The number of non-ortho nitro benzene ring substituents is 1. The lowest BCUT2D eigenvalue weighted by atomic mass is 10.0. The zero-order valence-corrected chi connectivity index (χ0v) is 20.0. The normalized spacial score (nSPS) is 11.1. The maximum Gasteiger partial charge on any atom is 0.271 e. The number of carbonyl (C=O) groups excluding carboxylic acids is 1. The number of nitriles is 1. The molecule has 0 fully saturated rings. The number of anilines is 1. The van der Waals surface area contributed by atoms with Gasteiger partial charge in [-0.3, -0.25) is 14.9 Å². The van der Waals surface area contributed by atoms with Crippen LogP contribution in [0.25, 0.3) is 16.8 Å². The Balaban J connectivity index is 1.61. The average molecular weight is 498 g/mol. The summed E-state index contributed by atoms with van der Waals surface area (Å²) >= 11 is 6.19. The minimum atomic E-state index is -0.714. The van der Waals surface area contributed by atoms with E-state index < -0.39 is 10.8 Å². The summed E-state index contributed by atoms with van der Waals surface area (Å²) in [7, 11) is 0. The lowest BCUT2D eigenvalue weighted by Crippen LogP contribution is -2.13. The van der Waals surface area contributed by atoms with Gasteiger partial charge in [-0.2, -0.15) is 5.26 Å². The van der Waals surface area contributed by atoms with Gasteiger partial charge in [0.2, 0.25) is 0 Å². The Hall–Kier alpha value is -4.67. The molecule has 0 radical (unpaired) electrons. The predicted octanol–water partition coefficient (Wildman–Crippen LogP) is 6.83. The third-order valence-corrected chi connectivity index (χ3v) is 5.83. The molecule has 0 aliphatic carbocycles. The number of benzene rings is 4. The molecule has 0 saturated carbocycles. The lowest BCUT2D eigenvalue weighted by molar-refractivity contribution is -0.384. The Morgan fingerprint density at radius 1 is 1.11 bits per heavy atom. The fourth-order valence-corrected chi connectivity index (χ4v) is 3.93. The Morgan fingerprint density at radius 2 is 1.92 bits per heavy atom. The third kappa shape index (κ3) is 5.52. The van der Waals surface area contributed by atoms with Gasteiger partial charge in [-0.15, -0.1) is 0 Å². The number of nitrogens with zero attached hydrogens (tertiary/aromatic N) is 2. The Kier molecular flexibility index (Phi) is 7.28. The van der Waals surface area contributed by atoms with Crippen molar-refractivity contribution in [2.75, 3.05) is 5.32 Å². The number of amides is 1. The summed E-state index contributed by atoms with van der Waals surface area (Å²) in [4.78, 5) is 23.2. The van der Waals surface area contributed by atoms with Crippen molar-refractivity contribution in [1.29, 1.82) is 5.26 Å². The fourth-order valence-electron chi connectivity index (χ4n) is 3.75. The number of fused-ring (bicyclic) bond motifs is 1. The average Bonchev–Trinajstić information content (AvgIpc) is 2.87. The molecule has 36 heavy (non-hydrogen) atoms. The second kappa shape index (κ2) is 10.7. The van der Waals surface area contributed by atoms with Gasteiger partial charge < -0.3 is 10.1 Å². The quantitative estimate of drug-likeness (QED) is 0.130. The number of hydrogen-bond donors (Lipinski definition) is 1. The van der Waals surface area contributed by atoms with E-state index in [-0.39, 0.29) is 23.6 Å². The molecule has 8 heteroatoms. The van der Waals surface area contributed by atoms with E-state index in [0.717, 1.165) is 21.9 Å². The van der Waals surface area contributed by atoms with Crippen molar-refractivity contribution in [3.63, 3.8) is 0 Å². The van der Waals surface area contributed by atoms with Crippen LogP contribution in [-0.2, 0) is 11.4 Å². The molecule has 0 saturated heterocycles. The van der Waals surface area contributed by atoms with E-state index in [1.54, 1.807) is 18.2 Å². The Bertz CT molecular complexity index is 1560. The second-order valence-electron chi connectivity index (χ2n) is 7.98. The van der Waals surface area contributed by atoms with Crippen molar-refractivity contribution in [2.45, 2.75) is 13.5 Å². The third-order valence-electron chi connectivity index (χ3n) is 5.60. The largest absolute Gasteiger partial charge is 0.488 e. The van der Waals surface area contributed by atoms with Crippen LogP contribution in [0.3, 0.4) is 0 Å². The summed E-state index contributed by atoms with van der Waals surface area (Å²) in [6.07, 6.45) is 1.38. The van der Waals surface area contributed by atoms with Crippen molar-refractivity contribution >= 4 is 45.7 Å². The number of halogens is 1. The molecule has 0 aliphatic rings. The first-order valence-corrected chi connectivity index (χ1v) is 11.3. The SMILES string of the molecule is Cc1ccc2ccccc2c1COc1ccc(Cl)cc1/C=C(\C#N)C(=O)Nc1cccc([N+](=O)[O-])c1. The second-order valence-corrected chi connectivity index (χ2v) is 8.42. The summed E-state index contributed by atoms with van der Waals surface area (Å²) in [5.41, 5.74) is 2.37. The van der Waals surface area contributed by atoms with Gasteiger partial charge in [0.05, 0.1) is 4.92 Å². The van der Waals surface area contributed by atoms with Crippen LogP contribution in [0.15, 0.2) is 84.4 Å². The van der Waals surface area contributed by atoms with E-state index in [1.807, 2.05) is 43.3 Å². The molecule has 4 rings (SSSR count). The number of nitro groups is 1. The van der Waals surface area contributed by atoms with Gasteiger partial charge >= 0.3 is 0 Å². The molecule has 0 unspecified atom stereocenters. The Morgan fingerprint density at radius 3 is 2.69 bits per heavy atom. The maximum atomic E-state index is 12.8. The molecule has 7 nitrogen and oxygen atoms in total. The molecule has 178 valence electrons. The molecule has 4 aromatic rings. The number of carbonyl (C=O) groups is 1. The van der Waals surface area contributed by atoms with Crippen LogP contribution in [0.1, 0.15) is 16.7 Å². The van der Waals surface area contributed by atoms with Gasteiger partial charge in [0, 0.05) is 34.0 Å². The molecule has 0 spiro atoms. The van der Waals surface area contributed by atoms with E-state index >= 15 is 0 Å². The van der Waals surface area contributed by atoms with Gasteiger partial charge in [0.15, 0.2) is 0 Å². The summed E-state index contributed by atoms with van der Waals surface area (Å²) < 4.78 is 6.13. The molecule has 0 heterocycles. The van der Waals surface area contributed by atoms with Crippen molar-refractivity contribution in [3.05, 3.63) is 116 Å². The van der Waals surface area contributed by atoms with Gasteiger partial charge in [-0.25, -0.2) is 0 Å². The first-order valence-electron chi connectivity index (χ1n) is 10.9. The molecule has 0 aliphatic heterocycles. The zero-order chi connectivity index (χ0) is 25.7. The van der Waals surface area contributed by atoms with E-state index in [9.17, 15) is 20.2 Å². The van der Waals surface area contributed by atoms with Gasteiger partial charge in [0.25, 0.3) is 11.6 Å². The van der Waals surface area contributed by atoms with Crippen LogP contribution < -0.4 is 10.1 Å². The first kappa shape index (κ1) is 24.5. The smallest absolute Gasteiger partial charge is 0.271 e. The van der Waals surface area contributed by atoms with Crippen LogP contribution in [0, 0.1) is 28.4 Å². The topological polar surface area (TPSA) is 105 Å². The standard InChI is InChI=1S/C28H20ClN3O4/c1-18-9-10-19-5-2-3-8-25(19)26(18)17-36-27-12-11-22(29)14-20(27)13-21(16-30)28(33)31-23-6-4-7-24(15-23)32(34)35/h2-15H,17H2,1H3,(H,31,33)/b21-13+. The molecular formula is C28H20ClN3O4. The number of hydrogen-bond acceptors (Lipinski definition) is 5. The molecule has 0 atom stereocenters. The number of nitrogens with one attached hydrogen (secondary N) is 1. The van der Waals surface area contributed by atoms with Crippen molar-refractivity contribution in [3.8, 4) is 11.8 Å². The first-order chi connectivity index (χ1) is 17.4. The van der Waals surface area contributed by atoms with E-state index in [2.05, 4.69) is 11.4 Å². The fraction of sp³-hybridized carbons (Fsp3) is 0.0714. The van der Waals surface area contributed by atoms with E-state index in [4.69, 9.17) is 16.3 Å². The maximum absolute atomic E-state index is 12.8. The minimum Gasteiger partial charge on any atom is -0.488 e. The number of ether oxygens (including phenoxy) is 1. The van der Waals surface area contributed by atoms with Gasteiger partial charge in [-0.05, 0) is 53.6 Å². The highest BCUT2D eigenvalue weighted by Crippen LogP contribution is 2.29. The van der Waals surface area contributed by atoms with Gasteiger partial charge in [-0.1, -0.05) is 54.1 Å². The predicted molar refractivity (Wildman–Crippen MR) is 140 cm³/mol. The molecule has 0 bridgehead atoms. The summed E-state index contributed by atoms with van der Waals surface area (Å²) in [5.74, 6) is -0.267. The number of rotatable bonds is 7. The van der Waals surface area contributed by atoms with Gasteiger partial charge in [0.1, 0.15) is 24.0 Å². The highest BCUT2D eigenvalue weighted by atomic mass is 35.5. The van der Waals surface area contributed by atoms with E-state index in [1.165, 1.54) is 30.3 Å². The number of nitro benzene ring substituents is 1. The van der Waals surface area contributed by atoms with Crippen molar-refractivity contribution in [1.82, 2.24) is 0 Å².